The first-order chi connectivity index (χ1) is 8.75. The second-order valence-corrected chi connectivity index (χ2v) is 4.46. The molecule has 2 heterocycles. The zero-order chi connectivity index (χ0) is 12.8. The molecule has 1 aromatic heterocycles. The van der Waals surface area contributed by atoms with Crippen LogP contribution < -0.4 is 10.6 Å². The molecule has 6 nitrogen and oxygen atoms in total. The summed E-state index contributed by atoms with van der Waals surface area (Å²) in [4.78, 5) is 26.6. The molecule has 6 heteroatoms. The molecule has 1 atom stereocenters. The van der Waals surface area contributed by atoms with Gasteiger partial charge in [-0.1, -0.05) is 0 Å². The van der Waals surface area contributed by atoms with Gasteiger partial charge in [0.2, 0.25) is 11.8 Å². The highest BCUT2D eigenvalue weighted by atomic mass is 16.2. The highest BCUT2D eigenvalue weighted by molar-refractivity contribution is 5.90. The Bertz CT molecular complexity index is 402. The van der Waals surface area contributed by atoms with E-state index in [-0.39, 0.29) is 17.9 Å². The normalized spacial score (nSPS) is 18.7. The maximum absolute atomic E-state index is 11.6. The number of carbonyl (C=O) groups excluding carboxylic acids is 2. The molecule has 1 saturated heterocycles. The van der Waals surface area contributed by atoms with Crippen molar-refractivity contribution in [3.05, 3.63) is 18.7 Å². The lowest BCUT2D eigenvalue weighted by Crippen LogP contribution is -2.41. The van der Waals surface area contributed by atoms with Crippen LogP contribution >= 0.6 is 0 Å². The van der Waals surface area contributed by atoms with Crippen molar-refractivity contribution in [3.8, 4) is 0 Å². The smallest absolute Gasteiger partial charge is 0.242 e. The summed E-state index contributed by atoms with van der Waals surface area (Å²) in [6.45, 7) is 1.57. The number of rotatable bonds is 6. The topological polar surface area (TPSA) is 76.0 Å². The molecular formula is C12H18N4O2. The predicted molar refractivity (Wildman–Crippen MR) is 65.6 cm³/mol. The van der Waals surface area contributed by atoms with Gasteiger partial charge < -0.3 is 15.2 Å². The van der Waals surface area contributed by atoms with Crippen LogP contribution in [0.2, 0.25) is 0 Å². The van der Waals surface area contributed by atoms with Crippen LogP contribution in [0.3, 0.4) is 0 Å². The number of aryl methyl sites for hydroxylation is 1. The molecule has 0 spiro atoms. The Balaban J connectivity index is 1.55. The van der Waals surface area contributed by atoms with Gasteiger partial charge in [-0.2, -0.15) is 0 Å². The molecule has 0 aliphatic carbocycles. The first-order valence-electron chi connectivity index (χ1n) is 6.28. The van der Waals surface area contributed by atoms with Crippen LogP contribution in [0.4, 0.5) is 0 Å². The molecule has 1 aliphatic rings. The first kappa shape index (κ1) is 12.6. The number of nitrogens with one attached hydrogen (secondary N) is 2. The lowest BCUT2D eigenvalue weighted by atomic mass is 10.2. The van der Waals surface area contributed by atoms with Crippen LogP contribution in [-0.2, 0) is 16.1 Å². The second-order valence-electron chi connectivity index (χ2n) is 4.46. The molecule has 1 fully saturated rings. The number of amides is 2. The zero-order valence-electron chi connectivity index (χ0n) is 10.3. The van der Waals surface area contributed by atoms with Crippen molar-refractivity contribution in [2.45, 2.75) is 38.3 Å². The average Bonchev–Trinajstić information content (AvgIpc) is 2.99. The molecule has 18 heavy (non-hydrogen) atoms. The van der Waals surface area contributed by atoms with Crippen LogP contribution in [0.25, 0.3) is 0 Å². The van der Waals surface area contributed by atoms with Crippen molar-refractivity contribution in [2.75, 3.05) is 6.54 Å². The third-order valence-corrected chi connectivity index (χ3v) is 3.01. The van der Waals surface area contributed by atoms with Gasteiger partial charge in [-0.3, -0.25) is 9.59 Å². The van der Waals surface area contributed by atoms with E-state index in [1.54, 1.807) is 12.5 Å². The monoisotopic (exact) mass is 250 g/mol. The molecule has 1 unspecified atom stereocenters. The fraction of sp³-hybridized carbons (Fsp3) is 0.583. The Hall–Kier alpha value is -1.85. The molecule has 0 saturated carbocycles. The highest BCUT2D eigenvalue weighted by Crippen LogP contribution is 2.06. The van der Waals surface area contributed by atoms with Crippen LogP contribution in [0.1, 0.15) is 25.7 Å². The van der Waals surface area contributed by atoms with E-state index in [1.807, 2.05) is 10.8 Å². The molecule has 1 aliphatic heterocycles. The largest absolute Gasteiger partial charge is 0.354 e. The molecule has 1 aromatic rings. The van der Waals surface area contributed by atoms with Crippen molar-refractivity contribution in [1.29, 1.82) is 0 Å². The van der Waals surface area contributed by atoms with Crippen molar-refractivity contribution in [1.82, 2.24) is 20.2 Å². The summed E-state index contributed by atoms with van der Waals surface area (Å²) >= 11 is 0. The lowest BCUT2D eigenvalue weighted by molar-refractivity contribution is -0.125. The Labute approximate surface area is 106 Å². The number of carbonyl (C=O) groups is 2. The fourth-order valence-electron chi connectivity index (χ4n) is 1.98. The molecular weight excluding hydrogens is 232 g/mol. The summed E-state index contributed by atoms with van der Waals surface area (Å²) in [5.41, 5.74) is 0. The van der Waals surface area contributed by atoms with Crippen molar-refractivity contribution in [3.63, 3.8) is 0 Å². The SMILES string of the molecule is O=C1CCC(C(=O)NCCCCn2ccnc2)N1. The van der Waals surface area contributed by atoms with E-state index >= 15 is 0 Å². The minimum Gasteiger partial charge on any atom is -0.354 e. The van der Waals surface area contributed by atoms with Gasteiger partial charge in [-0.25, -0.2) is 4.98 Å². The maximum atomic E-state index is 11.6. The van der Waals surface area contributed by atoms with E-state index in [9.17, 15) is 9.59 Å². The summed E-state index contributed by atoms with van der Waals surface area (Å²) in [5, 5.41) is 5.50. The van der Waals surface area contributed by atoms with Gasteiger partial charge in [0.1, 0.15) is 6.04 Å². The molecule has 98 valence electrons. The molecule has 0 bridgehead atoms. The van der Waals surface area contributed by atoms with Gasteiger partial charge in [0.15, 0.2) is 0 Å². The minimum absolute atomic E-state index is 0.0322. The Morgan fingerprint density at radius 1 is 1.56 bits per heavy atom. The predicted octanol–water partition coefficient (Wildman–Crippen LogP) is 0.0581. The van der Waals surface area contributed by atoms with Gasteiger partial charge in [-0.15, -0.1) is 0 Å². The highest BCUT2D eigenvalue weighted by Gasteiger charge is 2.26. The lowest BCUT2D eigenvalue weighted by Gasteiger charge is -2.10. The maximum Gasteiger partial charge on any atom is 0.242 e. The van der Waals surface area contributed by atoms with Gasteiger partial charge in [0.05, 0.1) is 6.33 Å². The van der Waals surface area contributed by atoms with E-state index < -0.39 is 0 Å². The summed E-state index contributed by atoms with van der Waals surface area (Å²) in [7, 11) is 0. The van der Waals surface area contributed by atoms with Crippen LogP contribution in [-0.4, -0.2) is 34.0 Å². The van der Waals surface area contributed by atoms with Gasteiger partial charge in [0, 0.05) is 31.9 Å². The zero-order valence-corrected chi connectivity index (χ0v) is 10.3. The molecule has 0 radical (unpaired) electrons. The number of aromatic nitrogens is 2. The third-order valence-electron chi connectivity index (χ3n) is 3.01. The van der Waals surface area contributed by atoms with Crippen molar-refractivity contribution in [2.24, 2.45) is 0 Å². The molecule has 2 rings (SSSR count). The fourth-order valence-corrected chi connectivity index (χ4v) is 1.98. The molecule has 0 aromatic carbocycles. The standard InChI is InChI=1S/C12H18N4O2/c17-11-4-3-10(15-11)12(18)14-5-1-2-7-16-8-6-13-9-16/h6,8-10H,1-5,7H2,(H,14,18)(H,15,17). The van der Waals surface area contributed by atoms with E-state index in [0.29, 0.717) is 19.4 Å². The van der Waals surface area contributed by atoms with Crippen molar-refractivity contribution >= 4 is 11.8 Å². The number of hydrogen-bond donors (Lipinski definition) is 2. The number of unbranched alkanes of at least 4 members (excludes halogenated alkanes) is 1. The van der Waals surface area contributed by atoms with E-state index in [4.69, 9.17) is 0 Å². The molecule has 2 amide bonds. The van der Waals surface area contributed by atoms with Crippen molar-refractivity contribution < 1.29 is 9.59 Å². The van der Waals surface area contributed by atoms with E-state index in [2.05, 4.69) is 15.6 Å². The number of imidazole rings is 1. The van der Waals surface area contributed by atoms with Crippen LogP contribution in [0.5, 0.6) is 0 Å². The Kier molecular flexibility index (Phi) is 4.33. The first-order valence-corrected chi connectivity index (χ1v) is 6.28. The second kappa shape index (κ2) is 6.18. The molecule has 2 N–H and O–H groups in total. The summed E-state index contributed by atoms with van der Waals surface area (Å²) in [5.74, 6) is -0.0984. The van der Waals surface area contributed by atoms with Gasteiger partial charge >= 0.3 is 0 Å². The summed E-state index contributed by atoms with van der Waals surface area (Å²) in [6, 6.07) is -0.328. The van der Waals surface area contributed by atoms with E-state index in [0.717, 1.165) is 19.4 Å². The number of nitrogens with zero attached hydrogens (tertiary/aromatic N) is 2. The number of hydrogen-bond acceptors (Lipinski definition) is 3. The summed E-state index contributed by atoms with van der Waals surface area (Å²) < 4.78 is 2.01. The summed E-state index contributed by atoms with van der Waals surface area (Å²) in [6.07, 6.45) is 8.44. The van der Waals surface area contributed by atoms with Gasteiger partial charge in [-0.05, 0) is 19.3 Å². The average molecular weight is 250 g/mol. The van der Waals surface area contributed by atoms with E-state index in [1.165, 1.54) is 0 Å². The quantitative estimate of drug-likeness (QED) is 0.701. The Morgan fingerprint density at radius 2 is 2.44 bits per heavy atom. The Morgan fingerprint density at radius 3 is 3.11 bits per heavy atom. The van der Waals surface area contributed by atoms with Crippen LogP contribution in [0.15, 0.2) is 18.7 Å². The van der Waals surface area contributed by atoms with Crippen LogP contribution in [0, 0.1) is 0 Å². The minimum atomic E-state index is -0.328. The van der Waals surface area contributed by atoms with Gasteiger partial charge in [0.25, 0.3) is 0 Å². The third kappa shape index (κ3) is 3.58.